The number of hydrogen-bond acceptors (Lipinski definition) is 4. The molecule has 1 aliphatic rings. The minimum absolute atomic E-state index is 0.106. The van der Waals surface area contributed by atoms with Crippen molar-refractivity contribution in [2.75, 3.05) is 18.0 Å². The highest BCUT2D eigenvalue weighted by atomic mass is 16.2. The Morgan fingerprint density at radius 2 is 2.33 bits per heavy atom. The van der Waals surface area contributed by atoms with Gasteiger partial charge in [-0.1, -0.05) is 25.1 Å². The number of carbonyl (C=O) groups excluding carboxylic acids is 1. The Morgan fingerprint density at radius 1 is 1.48 bits per heavy atom. The zero-order valence-electron chi connectivity index (χ0n) is 12.0. The number of nitrogens with zero attached hydrogens (tertiary/aromatic N) is 3. The molecule has 1 amide bonds. The van der Waals surface area contributed by atoms with Crippen LogP contribution in [-0.2, 0) is 0 Å². The van der Waals surface area contributed by atoms with Crippen molar-refractivity contribution in [1.82, 2.24) is 20.7 Å². The summed E-state index contributed by atoms with van der Waals surface area (Å²) >= 11 is 0. The summed E-state index contributed by atoms with van der Waals surface area (Å²) in [5, 5.41) is 13.6. The van der Waals surface area contributed by atoms with Gasteiger partial charge in [-0.25, -0.2) is 0 Å². The second-order valence-corrected chi connectivity index (χ2v) is 5.17. The number of nitrogens with one attached hydrogen (secondary N) is 2. The number of rotatable bonds is 4. The van der Waals surface area contributed by atoms with Crippen molar-refractivity contribution in [1.29, 1.82) is 0 Å². The minimum atomic E-state index is -0.106. The standard InChI is InChI=1S/C15H19N5O/c1-2-8-16-12-7-9-20(14-6-4-3-5-11(12)14)15(21)13-10-17-19-18-13/h3-6,10,12,16H,2,7-9H2,1H3,(H,17,18,19). The molecule has 0 saturated heterocycles. The number of aromatic amines is 1. The molecule has 0 saturated carbocycles. The molecule has 6 nitrogen and oxygen atoms in total. The van der Waals surface area contributed by atoms with E-state index in [1.807, 2.05) is 18.2 Å². The first-order valence-corrected chi connectivity index (χ1v) is 7.31. The molecular formula is C15H19N5O. The SMILES string of the molecule is CCCNC1CCN(C(=O)c2cn[nH]n2)c2ccccc21. The van der Waals surface area contributed by atoms with Gasteiger partial charge in [-0.2, -0.15) is 15.4 Å². The van der Waals surface area contributed by atoms with Crippen molar-refractivity contribution in [3.8, 4) is 0 Å². The summed E-state index contributed by atoms with van der Waals surface area (Å²) in [6, 6.07) is 8.37. The summed E-state index contributed by atoms with van der Waals surface area (Å²) in [5.74, 6) is -0.106. The number of amides is 1. The number of carbonyl (C=O) groups is 1. The zero-order chi connectivity index (χ0) is 14.7. The smallest absolute Gasteiger partial charge is 0.280 e. The molecule has 2 N–H and O–H groups in total. The third kappa shape index (κ3) is 2.67. The van der Waals surface area contributed by atoms with Crippen LogP contribution in [0.15, 0.2) is 30.5 Å². The third-order valence-electron chi connectivity index (χ3n) is 3.76. The van der Waals surface area contributed by atoms with Gasteiger partial charge in [0.15, 0.2) is 5.69 Å². The Labute approximate surface area is 123 Å². The van der Waals surface area contributed by atoms with Crippen LogP contribution in [0.3, 0.4) is 0 Å². The third-order valence-corrected chi connectivity index (χ3v) is 3.76. The summed E-state index contributed by atoms with van der Waals surface area (Å²) < 4.78 is 0. The molecule has 0 fully saturated rings. The van der Waals surface area contributed by atoms with Crippen molar-refractivity contribution in [2.24, 2.45) is 0 Å². The van der Waals surface area contributed by atoms with E-state index in [0.29, 0.717) is 18.3 Å². The maximum absolute atomic E-state index is 12.5. The summed E-state index contributed by atoms with van der Waals surface area (Å²) in [5.41, 5.74) is 2.49. The van der Waals surface area contributed by atoms with Crippen LogP contribution in [0.2, 0.25) is 0 Å². The van der Waals surface area contributed by atoms with E-state index >= 15 is 0 Å². The molecule has 1 aromatic carbocycles. The molecule has 6 heteroatoms. The quantitative estimate of drug-likeness (QED) is 0.899. The van der Waals surface area contributed by atoms with Crippen molar-refractivity contribution in [3.63, 3.8) is 0 Å². The van der Waals surface area contributed by atoms with Gasteiger partial charge in [-0.15, -0.1) is 0 Å². The van der Waals surface area contributed by atoms with Crippen LogP contribution < -0.4 is 10.2 Å². The fraction of sp³-hybridized carbons (Fsp3) is 0.400. The van der Waals surface area contributed by atoms with Gasteiger partial charge in [-0.3, -0.25) is 4.79 Å². The highest BCUT2D eigenvalue weighted by molar-refractivity contribution is 6.05. The van der Waals surface area contributed by atoms with E-state index in [2.05, 4.69) is 33.7 Å². The summed E-state index contributed by atoms with van der Waals surface area (Å²) in [4.78, 5) is 14.3. The second kappa shape index (κ2) is 6.05. The molecule has 1 aliphatic heterocycles. The Kier molecular flexibility index (Phi) is 3.96. The van der Waals surface area contributed by atoms with Crippen molar-refractivity contribution < 1.29 is 4.79 Å². The molecule has 0 spiro atoms. The van der Waals surface area contributed by atoms with Gasteiger partial charge in [0.2, 0.25) is 0 Å². The van der Waals surface area contributed by atoms with E-state index in [1.165, 1.54) is 11.8 Å². The fourth-order valence-corrected chi connectivity index (χ4v) is 2.75. The second-order valence-electron chi connectivity index (χ2n) is 5.17. The van der Waals surface area contributed by atoms with Gasteiger partial charge in [0, 0.05) is 18.3 Å². The van der Waals surface area contributed by atoms with Crippen molar-refractivity contribution in [2.45, 2.75) is 25.8 Å². The number of fused-ring (bicyclic) bond motifs is 1. The number of H-pyrrole nitrogens is 1. The molecule has 2 heterocycles. The lowest BCUT2D eigenvalue weighted by Crippen LogP contribution is -2.40. The predicted octanol–water partition coefficient (Wildman–Crippen LogP) is 1.90. The molecule has 2 aromatic rings. The highest BCUT2D eigenvalue weighted by Gasteiger charge is 2.29. The largest absolute Gasteiger partial charge is 0.310 e. The molecule has 1 aromatic heterocycles. The lowest BCUT2D eigenvalue weighted by Gasteiger charge is -2.34. The summed E-state index contributed by atoms with van der Waals surface area (Å²) in [6.45, 7) is 3.82. The van der Waals surface area contributed by atoms with Crippen LogP contribution >= 0.6 is 0 Å². The van der Waals surface area contributed by atoms with Crippen molar-refractivity contribution >= 4 is 11.6 Å². The molecule has 3 rings (SSSR count). The van der Waals surface area contributed by atoms with Crippen LogP contribution in [0.4, 0.5) is 5.69 Å². The molecule has 0 bridgehead atoms. The lowest BCUT2D eigenvalue weighted by molar-refractivity contribution is 0.0978. The topological polar surface area (TPSA) is 73.9 Å². The molecular weight excluding hydrogens is 266 g/mol. The maximum Gasteiger partial charge on any atom is 0.280 e. The normalized spacial score (nSPS) is 17.6. The number of aromatic nitrogens is 3. The van der Waals surface area contributed by atoms with Crippen LogP contribution in [0.1, 0.15) is 41.9 Å². The summed E-state index contributed by atoms with van der Waals surface area (Å²) in [6.07, 6.45) is 3.47. The predicted molar refractivity (Wildman–Crippen MR) is 80.2 cm³/mol. The zero-order valence-corrected chi connectivity index (χ0v) is 12.0. The molecule has 110 valence electrons. The number of anilines is 1. The van der Waals surface area contributed by atoms with E-state index in [4.69, 9.17) is 0 Å². The van der Waals surface area contributed by atoms with Gasteiger partial charge in [0.25, 0.3) is 5.91 Å². The minimum Gasteiger partial charge on any atom is -0.310 e. The molecule has 1 unspecified atom stereocenters. The van der Waals surface area contributed by atoms with Crippen molar-refractivity contribution in [3.05, 3.63) is 41.7 Å². The Bertz CT molecular complexity index is 610. The van der Waals surface area contributed by atoms with E-state index in [1.54, 1.807) is 4.90 Å². The Hall–Kier alpha value is -2.21. The molecule has 1 atom stereocenters. The van der Waals surface area contributed by atoms with Gasteiger partial charge < -0.3 is 10.2 Å². The first-order valence-electron chi connectivity index (χ1n) is 7.31. The van der Waals surface area contributed by atoms with E-state index in [9.17, 15) is 4.79 Å². The lowest BCUT2D eigenvalue weighted by atomic mass is 9.96. The molecule has 0 radical (unpaired) electrons. The summed E-state index contributed by atoms with van der Waals surface area (Å²) in [7, 11) is 0. The number of para-hydroxylation sites is 1. The van der Waals surface area contributed by atoms with Crippen LogP contribution in [0.25, 0.3) is 0 Å². The van der Waals surface area contributed by atoms with E-state index in [-0.39, 0.29) is 5.91 Å². The first kappa shape index (κ1) is 13.8. The maximum atomic E-state index is 12.5. The van der Waals surface area contributed by atoms with E-state index in [0.717, 1.165) is 25.1 Å². The van der Waals surface area contributed by atoms with E-state index < -0.39 is 0 Å². The Morgan fingerprint density at radius 3 is 3.10 bits per heavy atom. The average Bonchev–Trinajstić information content (AvgIpc) is 3.06. The average molecular weight is 285 g/mol. The van der Waals surface area contributed by atoms with Crippen LogP contribution in [0.5, 0.6) is 0 Å². The highest BCUT2D eigenvalue weighted by Crippen LogP contribution is 2.34. The fourth-order valence-electron chi connectivity index (χ4n) is 2.75. The van der Waals surface area contributed by atoms with Gasteiger partial charge >= 0.3 is 0 Å². The monoisotopic (exact) mass is 285 g/mol. The Balaban J connectivity index is 1.89. The van der Waals surface area contributed by atoms with Crippen LogP contribution in [0, 0.1) is 0 Å². The van der Waals surface area contributed by atoms with Gasteiger partial charge in [0.05, 0.1) is 6.20 Å². The molecule has 0 aliphatic carbocycles. The molecule has 21 heavy (non-hydrogen) atoms. The number of benzene rings is 1. The first-order chi connectivity index (χ1) is 10.3. The van der Waals surface area contributed by atoms with Gasteiger partial charge in [0.1, 0.15) is 0 Å². The van der Waals surface area contributed by atoms with Crippen LogP contribution in [-0.4, -0.2) is 34.4 Å². The van der Waals surface area contributed by atoms with Gasteiger partial charge in [-0.05, 0) is 31.0 Å². The number of hydrogen-bond donors (Lipinski definition) is 2.